The Morgan fingerprint density at radius 2 is 1.81 bits per heavy atom. The molecule has 1 aromatic carbocycles. The summed E-state index contributed by atoms with van der Waals surface area (Å²) in [5.41, 5.74) is 2.00. The fourth-order valence-corrected chi connectivity index (χ4v) is 2.64. The molecule has 0 saturated carbocycles. The van der Waals surface area contributed by atoms with Crippen molar-refractivity contribution in [1.29, 1.82) is 0 Å². The molecule has 2 aromatic rings. The van der Waals surface area contributed by atoms with Crippen LogP contribution in [0.25, 0.3) is 0 Å². The normalized spacial score (nSPS) is 10.4. The average Bonchev–Trinajstić information content (AvgIpc) is 2.92. The predicted molar refractivity (Wildman–Crippen MR) is 99.4 cm³/mol. The first-order valence-electron chi connectivity index (χ1n) is 8.56. The maximum absolute atomic E-state index is 12.3. The molecule has 7 nitrogen and oxygen atoms in total. The lowest BCUT2D eigenvalue weighted by atomic mass is 10.1. The summed E-state index contributed by atoms with van der Waals surface area (Å²) in [6.07, 6.45) is 0. The molecule has 0 spiro atoms. The van der Waals surface area contributed by atoms with Gasteiger partial charge in [-0.15, -0.1) is 0 Å². The Hall–Kier alpha value is -3.09. The Bertz CT molecular complexity index is 881. The highest BCUT2D eigenvalue weighted by atomic mass is 16.5. The van der Waals surface area contributed by atoms with E-state index in [1.807, 2.05) is 26.0 Å². The second kappa shape index (κ2) is 8.53. The number of carbonyl (C=O) groups excluding carboxylic acids is 3. The summed E-state index contributed by atoms with van der Waals surface area (Å²) in [6.45, 7) is 8.20. The van der Waals surface area contributed by atoms with Crippen molar-refractivity contribution in [3.8, 4) is 5.75 Å². The molecule has 27 heavy (non-hydrogen) atoms. The van der Waals surface area contributed by atoms with Gasteiger partial charge in [0.1, 0.15) is 17.1 Å². The molecule has 1 heterocycles. The third-order valence-corrected chi connectivity index (χ3v) is 4.08. The van der Waals surface area contributed by atoms with Gasteiger partial charge < -0.3 is 13.9 Å². The van der Waals surface area contributed by atoms with E-state index < -0.39 is 11.9 Å². The number of carbonyl (C=O) groups is 3. The predicted octanol–water partition coefficient (Wildman–Crippen LogP) is 3.60. The van der Waals surface area contributed by atoms with E-state index in [4.69, 9.17) is 13.9 Å². The lowest BCUT2D eigenvalue weighted by Gasteiger charge is -2.11. The van der Waals surface area contributed by atoms with Crippen LogP contribution in [0.5, 0.6) is 5.75 Å². The Balaban J connectivity index is 2.19. The van der Waals surface area contributed by atoms with E-state index in [2.05, 4.69) is 5.32 Å². The standard InChI is InChI=1S/C20H23NO6/c1-6-25-20(24)18-17(13(4)22)14(5)27-19(18)21-16(23)10-26-15-9-7-8-11(2)12(15)3/h7-9H,6,10H2,1-5H3,(H,21,23). The van der Waals surface area contributed by atoms with Crippen molar-refractivity contribution in [1.82, 2.24) is 0 Å². The summed E-state index contributed by atoms with van der Waals surface area (Å²) in [6, 6.07) is 5.55. The van der Waals surface area contributed by atoms with Gasteiger partial charge in [0.2, 0.25) is 5.88 Å². The number of rotatable bonds is 7. The van der Waals surface area contributed by atoms with Crippen molar-refractivity contribution in [3.63, 3.8) is 0 Å². The number of ether oxygens (including phenoxy) is 2. The van der Waals surface area contributed by atoms with E-state index in [0.717, 1.165) is 11.1 Å². The maximum Gasteiger partial charge on any atom is 0.344 e. The van der Waals surface area contributed by atoms with Gasteiger partial charge >= 0.3 is 5.97 Å². The van der Waals surface area contributed by atoms with Crippen LogP contribution in [0.15, 0.2) is 22.6 Å². The smallest absolute Gasteiger partial charge is 0.344 e. The summed E-state index contributed by atoms with van der Waals surface area (Å²) < 4.78 is 16.0. The molecule has 0 atom stereocenters. The minimum atomic E-state index is -0.731. The zero-order valence-electron chi connectivity index (χ0n) is 16.1. The number of Topliss-reactive ketones (excluding diaryl/α,β-unsaturated/α-hetero) is 1. The van der Waals surface area contributed by atoms with E-state index in [1.54, 1.807) is 19.9 Å². The lowest BCUT2D eigenvalue weighted by molar-refractivity contribution is -0.118. The molecular formula is C20H23NO6. The molecule has 0 aliphatic carbocycles. The number of hydrogen-bond acceptors (Lipinski definition) is 6. The lowest BCUT2D eigenvalue weighted by Crippen LogP contribution is -2.22. The van der Waals surface area contributed by atoms with Gasteiger partial charge in [-0.05, 0) is 51.8 Å². The Kier molecular flexibility index (Phi) is 6.39. The van der Waals surface area contributed by atoms with Gasteiger partial charge in [0.15, 0.2) is 12.4 Å². The molecule has 0 bridgehead atoms. The quantitative estimate of drug-likeness (QED) is 0.588. The van der Waals surface area contributed by atoms with Gasteiger partial charge in [0, 0.05) is 0 Å². The summed E-state index contributed by atoms with van der Waals surface area (Å²) in [5.74, 6) is -0.903. The second-order valence-corrected chi connectivity index (χ2v) is 6.05. The van der Waals surface area contributed by atoms with E-state index in [-0.39, 0.29) is 41.8 Å². The number of benzene rings is 1. The first-order valence-corrected chi connectivity index (χ1v) is 8.56. The van der Waals surface area contributed by atoms with Crippen molar-refractivity contribution in [2.24, 2.45) is 0 Å². The Morgan fingerprint density at radius 1 is 1.11 bits per heavy atom. The number of ketones is 1. The largest absolute Gasteiger partial charge is 0.483 e. The molecule has 144 valence electrons. The van der Waals surface area contributed by atoms with Gasteiger partial charge in [0.25, 0.3) is 5.91 Å². The van der Waals surface area contributed by atoms with Crippen molar-refractivity contribution < 1.29 is 28.3 Å². The van der Waals surface area contributed by atoms with Crippen LogP contribution in [-0.4, -0.2) is 30.9 Å². The van der Waals surface area contributed by atoms with Crippen molar-refractivity contribution >= 4 is 23.5 Å². The zero-order valence-corrected chi connectivity index (χ0v) is 16.1. The maximum atomic E-state index is 12.3. The van der Waals surface area contributed by atoms with Crippen molar-refractivity contribution in [3.05, 3.63) is 46.2 Å². The van der Waals surface area contributed by atoms with Crippen LogP contribution >= 0.6 is 0 Å². The summed E-state index contributed by atoms with van der Waals surface area (Å²) >= 11 is 0. The van der Waals surface area contributed by atoms with Crippen LogP contribution in [0.3, 0.4) is 0 Å². The van der Waals surface area contributed by atoms with Crippen LogP contribution in [0.2, 0.25) is 0 Å². The number of esters is 1. The van der Waals surface area contributed by atoms with Crippen molar-refractivity contribution in [2.75, 3.05) is 18.5 Å². The minimum absolute atomic E-state index is 0.0815. The van der Waals surface area contributed by atoms with Crippen LogP contribution in [0.1, 0.15) is 51.5 Å². The summed E-state index contributed by atoms with van der Waals surface area (Å²) in [7, 11) is 0. The fraction of sp³-hybridized carbons (Fsp3) is 0.350. The molecule has 0 fully saturated rings. The average molecular weight is 373 g/mol. The van der Waals surface area contributed by atoms with E-state index >= 15 is 0 Å². The first-order chi connectivity index (χ1) is 12.8. The molecule has 1 aromatic heterocycles. The third-order valence-electron chi connectivity index (χ3n) is 4.08. The van der Waals surface area contributed by atoms with E-state index in [0.29, 0.717) is 5.75 Å². The molecule has 0 unspecified atom stereocenters. The number of amides is 1. The second-order valence-electron chi connectivity index (χ2n) is 6.05. The topological polar surface area (TPSA) is 94.8 Å². The van der Waals surface area contributed by atoms with Crippen LogP contribution < -0.4 is 10.1 Å². The molecule has 2 rings (SSSR count). The van der Waals surface area contributed by atoms with Crippen LogP contribution in [0, 0.1) is 20.8 Å². The molecule has 1 N–H and O–H groups in total. The fourth-order valence-electron chi connectivity index (χ4n) is 2.64. The summed E-state index contributed by atoms with van der Waals surface area (Å²) in [4.78, 5) is 36.4. The van der Waals surface area contributed by atoms with Crippen molar-refractivity contribution in [2.45, 2.75) is 34.6 Å². The molecule has 7 heteroatoms. The Morgan fingerprint density at radius 3 is 2.44 bits per heavy atom. The molecular weight excluding hydrogens is 350 g/mol. The van der Waals surface area contributed by atoms with E-state index in [9.17, 15) is 14.4 Å². The monoisotopic (exact) mass is 373 g/mol. The summed E-state index contributed by atoms with van der Waals surface area (Å²) in [5, 5.41) is 2.49. The van der Waals surface area contributed by atoms with Crippen LogP contribution in [-0.2, 0) is 9.53 Å². The highest BCUT2D eigenvalue weighted by Gasteiger charge is 2.28. The number of hydrogen-bond donors (Lipinski definition) is 1. The van der Waals surface area contributed by atoms with Gasteiger partial charge in [-0.1, -0.05) is 12.1 Å². The molecule has 0 aliphatic rings. The number of nitrogens with one attached hydrogen (secondary N) is 1. The minimum Gasteiger partial charge on any atom is -0.483 e. The molecule has 0 saturated heterocycles. The molecule has 0 aliphatic heterocycles. The molecule has 1 amide bonds. The Labute approximate surface area is 157 Å². The number of furan rings is 1. The van der Waals surface area contributed by atoms with Gasteiger partial charge in [-0.3, -0.25) is 14.9 Å². The number of aryl methyl sites for hydroxylation is 2. The zero-order chi connectivity index (χ0) is 20.1. The first kappa shape index (κ1) is 20.2. The van der Waals surface area contributed by atoms with Crippen LogP contribution in [0.4, 0.5) is 5.88 Å². The van der Waals surface area contributed by atoms with Gasteiger partial charge in [0.05, 0.1) is 12.2 Å². The molecule has 0 radical (unpaired) electrons. The SMILES string of the molecule is CCOC(=O)c1c(NC(=O)COc2cccc(C)c2C)oc(C)c1C(C)=O. The van der Waals surface area contributed by atoms with Gasteiger partial charge in [-0.2, -0.15) is 0 Å². The highest BCUT2D eigenvalue weighted by molar-refractivity contribution is 6.10. The highest BCUT2D eigenvalue weighted by Crippen LogP contribution is 2.28. The van der Waals surface area contributed by atoms with E-state index in [1.165, 1.54) is 6.92 Å². The number of anilines is 1. The van der Waals surface area contributed by atoms with Gasteiger partial charge in [-0.25, -0.2) is 4.79 Å². The third kappa shape index (κ3) is 4.55.